The maximum Gasteiger partial charge on any atom is 0.321 e. The number of amides is 4. The third kappa shape index (κ3) is 4.44. The Morgan fingerprint density at radius 2 is 1.56 bits per heavy atom. The van der Waals surface area contributed by atoms with Crippen LogP contribution in [0.25, 0.3) is 0 Å². The molecule has 0 radical (unpaired) electrons. The Balaban J connectivity index is 1.56. The van der Waals surface area contributed by atoms with Gasteiger partial charge in [-0.2, -0.15) is 0 Å². The molecule has 0 saturated carbocycles. The van der Waals surface area contributed by atoms with E-state index >= 15 is 0 Å². The molecule has 1 saturated heterocycles. The summed E-state index contributed by atoms with van der Waals surface area (Å²) in [5, 5.41) is 8.34. The van der Waals surface area contributed by atoms with E-state index in [2.05, 4.69) is 16.0 Å². The van der Waals surface area contributed by atoms with Crippen molar-refractivity contribution < 1.29 is 14.4 Å². The first-order chi connectivity index (χ1) is 13.1. The summed E-state index contributed by atoms with van der Waals surface area (Å²) >= 11 is 0. The van der Waals surface area contributed by atoms with Crippen LogP contribution >= 0.6 is 0 Å². The third-order valence-corrected chi connectivity index (χ3v) is 4.30. The summed E-state index contributed by atoms with van der Waals surface area (Å²) in [7, 11) is 0. The monoisotopic (exact) mass is 366 g/mol. The zero-order chi connectivity index (χ0) is 19.2. The summed E-state index contributed by atoms with van der Waals surface area (Å²) < 4.78 is 0. The summed E-state index contributed by atoms with van der Waals surface area (Å²) in [6.07, 6.45) is 0. The molecule has 1 heterocycles. The van der Waals surface area contributed by atoms with Gasteiger partial charge in [0.1, 0.15) is 0 Å². The van der Waals surface area contributed by atoms with Gasteiger partial charge in [0, 0.05) is 43.0 Å². The van der Waals surface area contributed by atoms with Crippen molar-refractivity contribution in [3.8, 4) is 0 Å². The number of anilines is 1. The van der Waals surface area contributed by atoms with Crippen LogP contribution in [0, 0.1) is 0 Å². The standard InChI is InChI=1S/C20H22N4O3/c1-2-21-18(25)15-5-3-14(4-6-15)13-23-19(26)16-7-9-17(10-8-16)24-12-11-22-20(24)27/h3-10H,2,11-13H2,1H3,(H,21,25)(H,22,27)(H,23,26). The molecule has 1 fully saturated rings. The normalized spacial score (nSPS) is 13.2. The highest BCUT2D eigenvalue weighted by Crippen LogP contribution is 2.17. The van der Waals surface area contributed by atoms with Crippen molar-refractivity contribution in [3.05, 3.63) is 65.2 Å². The number of nitrogens with one attached hydrogen (secondary N) is 3. The lowest BCUT2D eigenvalue weighted by Gasteiger charge is -2.14. The van der Waals surface area contributed by atoms with Crippen LogP contribution in [0.4, 0.5) is 10.5 Å². The van der Waals surface area contributed by atoms with E-state index in [-0.39, 0.29) is 17.8 Å². The molecule has 4 amide bonds. The Labute approximate surface area is 157 Å². The van der Waals surface area contributed by atoms with Crippen LogP contribution in [0.5, 0.6) is 0 Å². The fraction of sp³-hybridized carbons (Fsp3) is 0.250. The molecule has 0 unspecified atom stereocenters. The molecule has 140 valence electrons. The molecule has 0 atom stereocenters. The number of hydrogen-bond donors (Lipinski definition) is 3. The summed E-state index contributed by atoms with van der Waals surface area (Å²) in [5.74, 6) is -0.305. The molecular formula is C20H22N4O3. The lowest BCUT2D eigenvalue weighted by molar-refractivity contribution is 0.0943. The molecule has 0 aliphatic carbocycles. The molecular weight excluding hydrogens is 344 g/mol. The highest BCUT2D eigenvalue weighted by atomic mass is 16.2. The van der Waals surface area contributed by atoms with Crippen molar-refractivity contribution in [2.75, 3.05) is 24.5 Å². The molecule has 7 nitrogen and oxygen atoms in total. The summed E-state index contributed by atoms with van der Waals surface area (Å²) in [6, 6.07) is 13.9. The van der Waals surface area contributed by atoms with Crippen molar-refractivity contribution in [3.63, 3.8) is 0 Å². The molecule has 2 aromatic carbocycles. The first-order valence-electron chi connectivity index (χ1n) is 8.89. The molecule has 7 heteroatoms. The van der Waals surface area contributed by atoms with Crippen molar-refractivity contribution in [2.45, 2.75) is 13.5 Å². The number of benzene rings is 2. The van der Waals surface area contributed by atoms with Gasteiger partial charge < -0.3 is 16.0 Å². The predicted molar refractivity (Wildman–Crippen MR) is 103 cm³/mol. The second-order valence-corrected chi connectivity index (χ2v) is 6.17. The van der Waals surface area contributed by atoms with E-state index in [0.29, 0.717) is 37.3 Å². The van der Waals surface area contributed by atoms with Gasteiger partial charge in [-0.15, -0.1) is 0 Å². The fourth-order valence-electron chi connectivity index (χ4n) is 2.83. The van der Waals surface area contributed by atoms with Gasteiger partial charge in [-0.05, 0) is 48.9 Å². The van der Waals surface area contributed by atoms with E-state index in [1.807, 2.05) is 19.1 Å². The molecule has 3 rings (SSSR count). The average Bonchev–Trinajstić information content (AvgIpc) is 3.12. The van der Waals surface area contributed by atoms with Gasteiger partial charge in [0.15, 0.2) is 0 Å². The molecule has 0 spiro atoms. The highest BCUT2D eigenvalue weighted by molar-refractivity contribution is 5.97. The number of hydrogen-bond acceptors (Lipinski definition) is 3. The molecule has 27 heavy (non-hydrogen) atoms. The van der Waals surface area contributed by atoms with Gasteiger partial charge in [0.25, 0.3) is 11.8 Å². The van der Waals surface area contributed by atoms with Gasteiger partial charge in [-0.25, -0.2) is 4.79 Å². The van der Waals surface area contributed by atoms with Crippen LogP contribution in [0.15, 0.2) is 48.5 Å². The molecule has 3 N–H and O–H groups in total. The third-order valence-electron chi connectivity index (χ3n) is 4.30. The molecule has 1 aliphatic rings. The van der Waals surface area contributed by atoms with Crippen molar-refractivity contribution in [1.29, 1.82) is 0 Å². The first kappa shape index (κ1) is 18.4. The molecule has 0 aromatic heterocycles. The second-order valence-electron chi connectivity index (χ2n) is 6.17. The Morgan fingerprint density at radius 1 is 0.963 bits per heavy atom. The van der Waals surface area contributed by atoms with Gasteiger partial charge in [-0.1, -0.05) is 12.1 Å². The van der Waals surface area contributed by atoms with Crippen LogP contribution in [0.3, 0.4) is 0 Å². The fourth-order valence-corrected chi connectivity index (χ4v) is 2.83. The first-order valence-corrected chi connectivity index (χ1v) is 8.89. The Morgan fingerprint density at radius 3 is 2.11 bits per heavy atom. The molecule has 0 bridgehead atoms. The minimum Gasteiger partial charge on any atom is -0.352 e. The minimum atomic E-state index is -0.194. The van der Waals surface area contributed by atoms with E-state index < -0.39 is 0 Å². The van der Waals surface area contributed by atoms with Crippen molar-refractivity contribution in [1.82, 2.24) is 16.0 Å². The number of carbonyl (C=O) groups is 3. The van der Waals surface area contributed by atoms with Gasteiger partial charge in [0.05, 0.1) is 0 Å². The van der Waals surface area contributed by atoms with E-state index in [1.165, 1.54) is 0 Å². The van der Waals surface area contributed by atoms with Crippen LogP contribution in [0.1, 0.15) is 33.2 Å². The topological polar surface area (TPSA) is 90.5 Å². The summed E-state index contributed by atoms with van der Waals surface area (Å²) in [6.45, 7) is 4.06. The lowest BCUT2D eigenvalue weighted by atomic mass is 10.1. The van der Waals surface area contributed by atoms with Crippen LogP contribution < -0.4 is 20.9 Å². The van der Waals surface area contributed by atoms with Crippen molar-refractivity contribution in [2.24, 2.45) is 0 Å². The zero-order valence-electron chi connectivity index (χ0n) is 15.1. The minimum absolute atomic E-state index is 0.111. The van der Waals surface area contributed by atoms with Crippen LogP contribution in [0.2, 0.25) is 0 Å². The highest BCUT2D eigenvalue weighted by Gasteiger charge is 2.21. The van der Waals surface area contributed by atoms with E-state index in [9.17, 15) is 14.4 Å². The maximum absolute atomic E-state index is 12.3. The van der Waals surface area contributed by atoms with E-state index in [1.54, 1.807) is 41.3 Å². The Hall–Kier alpha value is -3.35. The molecule has 1 aliphatic heterocycles. The second kappa shape index (κ2) is 8.35. The van der Waals surface area contributed by atoms with Crippen molar-refractivity contribution >= 4 is 23.5 Å². The predicted octanol–water partition coefficient (Wildman–Crippen LogP) is 1.90. The number of nitrogens with zero attached hydrogens (tertiary/aromatic N) is 1. The molecule has 2 aromatic rings. The average molecular weight is 366 g/mol. The Kier molecular flexibility index (Phi) is 5.71. The van der Waals surface area contributed by atoms with Crippen LogP contribution in [-0.4, -0.2) is 37.5 Å². The van der Waals surface area contributed by atoms with Gasteiger partial charge in [-0.3, -0.25) is 14.5 Å². The quantitative estimate of drug-likeness (QED) is 0.729. The SMILES string of the molecule is CCNC(=O)c1ccc(CNC(=O)c2ccc(N3CCNC3=O)cc2)cc1. The summed E-state index contributed by atoms with van der Waals surface area (Å²) in [5.41, 5.74) is 2.79. The Bertz CT molecular complexity index is 831. The van der Waals surface area contributed by atoms with E-state index in [4.69, 9.17) is 0 Å². The zero-order valence-corrected chi connectivity index (χ0v) is 15.1. The number of carbonyl (C=O) groups excluding carboxylic acids is 3. The van der Waals surface area contributed by atoms with Gasteiger partial charge >= 0.3 is 6.03 Å². The van der Waals surface area contributed by atoms with E-state index in [0.717, 1.165) is 11.3 Å². The van der Waals surface area contributed by atoms with Crippen LogP contribution in [-0.2, 0) is 6.54 Å². The number of rotatable bonds is 6. The number of urea groups is 1. The van der Waals surface area contributed by atoms with Gasteiger partial charge in [0.2, 0.25) is 0 Å². The largest absolute Gasteiger partial charge is 0.352 e. The maximum atomic E-state index is 12.3. The summed E-state index contributed by atoms with van der Waals surface area (Å²) in [4.78, 5) is 37.4. The lowest BCUT2D eigenvalue weighted by Crippen LogP contribution is -2.28. The smallest absolute Gasteiger partial charge is 0.321 e.